The third kappa shape index (κ3) is 3.43. The molecule has 0 bridgehead atoms. The van der Waals surface area contributed by atoms with Crippen LogP contribution >= 0.6 is 11.6 Å². The van der Waals surface area contributed by atoms with E-state index in [1.54, 1.807) is 6.92 Å². The van der Waals surface area contributed by atoms with Crippen molar-refractivity contribution < 1.29 is 14.3 Å². The van der Waals surface area contributed by atoms with Gasteiger partial charge in [-0.15, -0.1) is 0 Å². The summed E-state index contributed by atoms with van der Waals surface area (Å²) in [6.45, 7) is 3.11. The number of hydrogen-bond acceptors (Lipinski definition) is 6. The second-order valence-electron chi connectivity index (χ2n) is 4.13. The Hall–Kier alpha value is -1.18. The highest BCUT2D eigenvalue weighted by Crippen LogP contribution is 2.23. The highest BCUT2D eigenvalue weighted by atomic mass is 35.5. The van der Waals surface area contributed by atoms with Gasteiger partial charge in [-0.3, -0.25) is 0 Å². The van der Waals surface area contributed by atoms with Crippen molar-refractivity contribution in [2.45, 2.75) is 18.5 Å². The number of aromatic nitrogens is 2. The van der Waals surface area contributed by atoms with Crippen LogP contribution in [0.15, 0.2) is 6.20 Å². The molecule has 1 saturated heterocycles. The molecule has 19 heavy (non-hydrogen) atoms. The summed E-state index contributed by atoms with van der Waals surface area (Å²) in [7, 11) is 3.59. The monoisotopic (exact) mass is 298 g/mol. The van der Waals surface area contributed by atoms with E-state index < -0.39 is 11.1 Å². The minimum Gasteiger partial charge on any atom is -0.462 e. The molecule has 2 rings (SSSR count). The molecule has 1 atom stereocenters. The molecule has 1 aromatic heterocycles. The van der Waals surface area contributed by atoms with E-state index in [0.29, 0.717) is 19.0 Å². The Kier molecular flexibility index (Phi) is 4.38. The van der Waals surface area contributed by atoms with Gasteiger partial charge in [-0.25, -0.2) is 9.78 Å². The molecule has 0 aliphatic carbocycles. The molecule has 0 saturated carbocycles. The molecule has 1 N–H and O–H groups in total. The first-order valence-electron chi connectivity index (χ1n) is 5.85. The van der Waals surface area contributed by atoms with Crippen molar-refractivity contribution in [3.8, 4) is 0 Å². The number of carbonyl (C=O) groups excluding carboxylic acids is 1. The number of carbonyl (C=O) groups is 1. The first kappa shape index (κ1) is 14.2. The second-order valence-corrected chi connectivity index (χ2v) is 5.43. The van der Waals surface area contributed by atoms with Gasteiger partial charge in [-0.05, 0) is 24.9 Å². The van der Waals surface area contributed by atoms with Crippen LogP contribution < -0.4 is 5.32 Å². The van der Waals surface area contributed by atoms with Crippen LogP contribution in [0.25, 0.3) is 0 Å². The Labute approximate surface area is 119 Å². The van der Waals surface area contributed by atoms with Gasteiger partial charge in [0.1, 0.15) is 11.4 Å². The maximum Gasteiger partial charge on any atom is 0.343 e. The fourth-order valence-electron chi connectivity index (χ4n) is 1.70. The van der Waals surface area contributed by atoms with Crippen molar-refractivity contribution >= 4 is 33.6 Å². The number of nitrogens with one attached hydrogen (secondary N) is 1. The predicted octanol–water partition coefficient (Wildman–Crippen LogP) is 1.00. The summed E-state index contributed by atoms with van der Waals surface area (Å²) in [6.07, 6.45) is 2.09. The number of hydrogen-bond donors (Lipinski definition) is 1. The van der Waals surface area contributed by atoms with E-state index in [4.69, 9.17) is 21.1 Å². The van der Waals surface area contributed by atoms with Crippen molar-refractivity contribution in [2.75, 3.05) is 25.1 Å². The third-order valence-corrected chi connectivity index (χ3v) is 3.34. The molecule has 1 aliphatic rings. The van der Waals surface area contributed by atoms with Crippen LogP contribution in [-0.2, 0) is 9.47 Å². The molecule has 3 radical (unpaired) electrons. The lowest BCUT2D eigenvalue weighted by Gasteiger charge is -2.25. The molecular weight excluding hydrogens is 286 g/mol. The molecule has 101 valence electrons. The summed E-state index contributed by atoms with van der Waals surface area (Å²) in [5, 5.41) is 2.72. The third-order valence-electron chi connectivity index (χ3n) is 2.63. The maximum absolute atomic E-state index is 11.8. The van der Waals surface area contributed by atoms with Crippen molar-refractivity contribution in [3.05, 3.63) is 17.0 Å². The number of halogens is 1. The number of nitrogens with zero attached hydrogens (tertiary/aromatic N) is 2. The van der Waals surface area contributed by atoms with Crippen molar-refractivity contribution in [1.29, 1.82) is 0 Å². The maximum atomic E-state index is 11.8. The summed E-state index contributed by atoms with van der Waals surface area (Å²) in [5.74, 6) is -0.158. The molecule has 6 nitrogen and oxygen atoms in total. The molecule has 2 heterocycles. The molecule has 1 fully saturated rings. The standard InChI is InChI=1S/C11H13ClN3O3Si/c1-2-18-9(16)7-5-13-10(12)14-8(7)15-11(19)3-4-17-6-11/h5H,2-4,6H2,1H3,(H,13,14,15)/t11-/m1/s1. The zero-order valence-electron chi connectivity index (χ0n) is 10.4. The van der Waals surface area contributed by atoms with E-state index in [-0.39, 0.29) is 17.5 Å². The molecule has 0 amide bonds. The minimum absolute atomic E-state index is 0.0599. The zero-order chi connectivity index (χ0) is 13.9. The molecule has 0 aromatic carbocycles. The molecule has 0 unspecified atom stereocenters. The lowest BCUT2D eigenvalue weighted by molar-refractivity contribution is 0.0526. The van der Waals surface area contributed by atoms with E-state index in [9.17, 15) is 4.79 Å². The second kappa shape index (κ2) is 5.85. The highest BCUT2D eigenvalue weighted by molar-refractivity contribution is 6.28. The van der Waals surface area contributed by atoms with Gasteiger partial charge in [-0.2, -0.15) is 4.98 Å². The van der Waals surface area contributed by atoms with Crippen molar-refractivity contribution in [1.82, 2.24) is 9.97 Å². The SMILES string of the molecule is CCOC(=O)c1cnc(Cl)nc1N[C@@]1([Si])CCOC1. The van der Waals surface area contributed by atoms with Crippen LogP contribution in [0.4, 0.5) is 5.82 Å². The Morgan fingerprint density at radius 3 is 3.16 bits per heavy atom. The Morgan fingerprint density at radius 1 is 1.74 bits per heavy atom. The summed E-state index contributed by atoms with van der Waals surface area (Å²) < 4.78 is 10.3. The summed E-state index contributed by atoms with van der Waals surface area (Å²) in [6, 6.07) is 0. The summed E-state index contributed by atoms with van der Waals surface area (Å²) in [4.78, 5) is 19.7. The largest absolute Gasteiger partial charge is 0.462 e. The molecule has 8 heteroatoms. The number of anilines is 1. The fourth-order valence-corrected chi connectivity index (χ4v) is 2.16. The normalized spacial score (nSPS) is 22.3. The van der Waals surface area contributed by atoms with Gasteiger partial charge < -0.3 is 14.8 Å². The Bertz CT molecular complexity index is 480. The Balaban J connectivity index is 2.26. The first-order chi connectivity index (χ1) is 9.04. The smallest absolute Gasteiger partial charge is 0.343 e. The van der Waals surface area contributed by atoms with Gasteiger partial charge in [0.2, 0.25) is 5.28 Å². The van der Waals surface area contributed by atoms with E-state index in [1.165, 1.54) is 6.20 Å². The number of ether oxygens (including phenoxy) is 2. The van der Waals surface area contributed by atoms with Gasteiger partial charge >= 0.3 is 5.97 Å². The number of esters is 1. The summed E-state index contributed by atoms with van der Waals surface area (Å²) in [5.41, 5.74) is 0.246. The van der Waals surface area contributed by atoms with Gasteiger partial charge in [0.25, 0.3) is 0 Å². The van der Waals surface area contributed by atoms with E-state index >= 15 is 0 Å². The zero-order valence-corrected chi connectivity index (χ0v) is 12.2. The first-order valence-corrected chi connectivity index (χ1v) is 6.72. The van der Waals surface area contributed by atoms with Crippen molar-refractivity contribution in [2.24, 2.45) is 0 Å². The van der Waals surface area contributed by atoms with Gasteiger partial charge in [0.15, 0.2) is 0 Å². The van der Waals surface area contributed by atoms with Gasteiger partial charge in [0.05, 0.1) is 23.5 Å². The predicted molar refractivity (Wildman–Crippen MR) is 70.5 cm³/mol. The van der Waals surface area contributed by atoms with E-state index in [2.05, 4.69) is 25.5 Å². The van der Waals surface area contributed by atoms with Crippen molar-refractivity contribution in [3.63, 3.8) is 0 Å². The average Bonchev–Trinajstić information content (AvgIpc) is 2.76. The quantitative estimate of drug-likeness (QED) is 0.508. The number of rotatable bonds is 4. The fraction of sp³-hybridized carbons (Fsp3) is 0.545. The summed E-state index contributed by atoms with van der Waals surface area (Å²) >= 11 is 5.77. The van der Waals surface area contributed by atoms with Crippen LogP contribution in [0.3, 0.4) is 0 Å². The molecular formula is C11H13ClN3O3Si. The Morgan fingerprint density at radius 2 is 2.53 bits per heavy atom. The van der Waals surface area contributed by atoms with Gasteiger partial charge in [-0.1, -0.05) is 0 Å². The molecule has 0 spiro atoms. The highest BCUT2D eigenvalue weighted by Gasteiger charge is 2.31. The molecule has 1 aliphatic heterocycles. The minimum atomic E-state index is -0.490. The van der Waals surface area contributed by atoms with Crippen LogP contribution in [0.2, 0.25) is 5.28 Å². The average molecular weight is 299 g/mol. The van der Waals surface area contributed by atoms with Crippen LogP contribution in [0, 0.1) is 0 Å². The van der Waals surface area contributed by atoms with E-state index in [0.717, 1.165) is 6.42 Å². The lowest BCUT2D eigenvalue weighted by Crippen LogP contribution is -2.40. The van der Waals surface area contributed by atoms with Crippen LogP contribution in [-0.4, -0.2) is 51.2 Å². The molecule has 1 aromatic rings. The lowest BCUT2D eigenvalue weighted by atomic mass is 10.2. The van der Waals surface area contributed by atoms with Crippen LogP contribution in [0.5, 0.6) is 0 Å². The van der Waals surface area contributed by atoms with E-state index in [1.807, 2.05) is 0 Å². The van der Waals surface area contributed by atoms with Crippen LogP contribution in [0.1, 0.15) is 23.7 Å². The van der Waals surface area contributed by atoms with Gasteiger partial charge in [0, 0.05) is 18.0 Å². The topological polar surface area (TPSA) is 73.3 Å².